The lowest BCUT2D eigenvalue weighted by atomic mass is 9.96. The molecule has 0 unspecified atom stereocenters. The number of nitrogens with one attached hydrogen (secondary N) is 1. The predicted octanol–water partition coefficient (Wildman–Crippen LogP) is 3.55. The van der Waals surface area contributed by atoms with Gasteiger partial charge in [0, 0.05) is 17.2 Å². The second kappa shape index (κ2) is 5.07. The van der Waals surface area contributed by atoms with E-state index in [-0.39, 0.29) is 11.2 Å². The molecule has 4 nitrogen and oxygen atoms in total. The molecule has 106 valence electrons. The van der Waals surface area contributed by atoms with Gasteiger partial charge < -0.3 is 11.1 Å². The first kappa shape index (κ1) is 14.2. The van der Waals surface area contributed by atoms with E-state index in [2.05, 4.69) is 15.3 Å². The Morgan fingerprint density at radius 2 is 1.85 bits per heavy atom. The molecule has 1 heterocycles. The molecule has 0 aliphatic carbocycles. The maximum absolute atomic E-state index is 13.1. The fourth-order valence-electron chi connectivity index (χ4n) is 1.77. The molecule has 0 radical (unpaired) electrons. The van der Waals surface area contributed by atoms with E-state index < -0.39 is 0 Å². The summed E-state index contributed by atoms with van der Waals surface area (Å²) in [6.45, 7) is 7.90. The molecule has 0 spiro atoms. The third-order valence-corrected chi connectivity index (χ3v) is 2.87. The van der Waals surface area contributed by atoms with Gasteiger partial charge in [0.15, 0.2) is 0 Å². The van der Waals surface area contributed by atoms with E-state index in [0.29, 0.717) is 17.5 Å². The van der Waals surface area contributed by atoms with Crippen molar-refractivity contribution in [1.29, 1.82) is 0 Å². The van der Waals surface area contributed by atoms with Gasteiger partial charge in [0.05, 0.1) is 0 Å². The van der Waals surface area contributed by atoms with Crippen molar-refractivity contribution < 1.29 is 4.39 Å². The van der Waals surface area contributed by atoms with Crippen molar-refractivity contribution in [3.8, 4) is 0 Å². The number of anilines is 3. The van der Waals surface area contributed by atoms with E-state index >= 15 is 0 Å². The molecular weight excluding hydrogens is 255 g/mol. The van der Waals surface area contributed by atoms with Gasteiger partial charge in [0.25, 0.3) is 0 Å². The molecular formula is C15H19FN4. The van der Waals surface area contributed by atoms with Crippen LogP contribution in [0.15, 0.2) is 24.3 Å². The summed E-state index contributed by atoms with van der Waals surface area (Å²) in [7, 11) is 0. The highest BCUT2D eigenvalue weighted by atomic mass is 19.1. The zero-order valence-electron chi connectivity index (χ0n) is 12.2. The normalized spacial score (nSPS) is 11.4. The molecule has 1 aromatic heterocycles. The number of nitrogens with two attached hydrogens (primary N) is 1. The fourth-order valence-corrected chi connectivity index (χ4v) is 1.77. The summed E-state index contributed by atoms with van der Waals surface area (Å²) in [6, 6.07) is 6.22. The number of benzene rings is 1. The smallest absolute Gasteiger partial charge is 0.138 e. The van der Waals surface area contributed by atoms with E-state index in [4.69, 9.17) is 5.73 Å². The predicted molar refractivity (Wildman–Crippen MR) is 79.6 cm³/mol. The summed E-state index contributed by atoms with van der Waals surface area (Å²) in [6.07, 6.45) is 0. The average molecular weight is 274 g/mol. The van der Waals surface area contributed by atoms with Crippen LogP contribution in [0.2, 0.25) is 0 Å². The van der Waals surface area contributed by atoms with Crippen molar-refractivity contribution in [1.82, 2.24) is 9.97 Å². The number of hydrogen-bond acceptors (Lipinski definition) is 4. The molecule has 2 aromatic rings. The van der Waals surface area contributed by atoms with Crippen LogP contribution in [0.1, 0.15) is 32.2 Å². The minimum atomic E-state index is -0.259. The Balaban J connectivity index is 2.36. The Bertz CT molecular complexity index is 632. The number of nitrogen functional groups attached to an aromatic ring is 1. The molecule has 0 saturated carbocycles. The van der Waals surface area contributed by atoms with E-state index in [1.807, 2.05) is 27.7 Å². The highest BCUT2D eigenvalue weighted by molar-refractivity contribution is 5.62. The quantitative estimate of drug-likeness (QED) is 0.879. The first-order valence-electron chi connectivity index (χ1n) is 6.44. The van der Waals surface area contributed by atoms with Crippen LogP contribution in [0.25, 0.3) is 0 Å². The van der Waals surface area contributed by atoms with Crippen LogP contribution >= 0.6 is 0 Å². The van der Waals surface area contributed by atoms with Crippen LogP contribution in [-0.2, 0) is 5.41 Å². The van der Waals surface area contributed by atoms with E-state index in [9.17, 15) is 4.39 Å². The van der Waals surface area contributed by atoms with Crippen LogP contribution in [0.4, 0.5) is 21.7 Å². The van der Waals surface area contributed by atoms with Gasteiger partial charge in [-0.15, -0.1) is 0 Å². The minimum absolute atomic E-state index is 0.191. The second-order valence-corrected chi connectivity index (χ2v) is 5.84. The molecule has 1 aromatic carbocycles. The fraction of sp³-hybridized carbons (Fsp3) is 0.333. The van der Waals surface area contributed by atoms with Gasteiger partial charge in [0.2, 0.25) is 0 Å². The lowest BCUT2D eigenvalue weighted by Crippen LogP contribution is -2.17. The SMILES string of the molecule is Cc1cc(F)ccc1Nc1cc(N)nc(C(C)(C)C)n1. The van der Waals surface area contributed by atoms with Crippen molar-refractivity contribution in [2.24, 2.45) is 0 Å². The zero-order chi connectivity index (χ0) is 14.9. The Labute approximate surface area is 118 Å². The number of rotatable bonds is 2. The van der Waals surface area contributed by atoms with E-state index in [1.165, 1.54) is 12.1 Å². The molecule has 20 heavy (non-hydrogen) atoms. The Morgan fingerprint density at radius 1 is 1.15 bits per heavy atom. The zero-order valence-corrected chi connectivity index (χ0v) is 12.2. The molecule has 3 N–H and O–H groups in total. The Kier molecular flexibility index (Phi) is 3.61. The summed E-state index contributed by atoms with van der Waals surface area (Å²) in [5.41, 5.74) is 7.23. The molecule has 0 aliphatic rings. The monoisotopic (exact) mass is 274 g/mol. The van der Waals surface area contributed by atoms with Gasteiger partial charge >= 0.3 is 0 Å². The van der Waals surface area contributed by atoms with Crippen LogP contribution in [0.5, 0.6) is 0 Å². The van der Waals surface area contributed by atoms with Gasteiger partial charge in [0.1, 0.15) is 23.3 Å². The number of nitrogens with zero attached hydrogens (tertiary/aromatic N) is 2. The topological polar surface area (TPSA) is 63.8 Å². The molecule has 2 rings (SSSR count). The molecule has 0 saturated heterocycles. The van der Waals surface area contributed by atoms with Crippen molar-refractivity contribution in [3.63, 3.8) is 0 Å². The van der Waals surface area contributed by atoms with E-state index in [1.54, 1.807) is 12.1 Å². The summed E-state index contributed by atoms with van der Waals surface area (Å²) >= 11 is 0. The van der Waals surface area contributed by atoms with Crippen molar-refractivity contribution in [3.05, 3.63) is 41.5 Å². The Hall–Kier alpha value is -2.17. The highest BCUT2D eigenvalue weighted by Crippen LogP contribution is 2.24. The van der Waals surface area contributed by atoms with Crippen LogP contribution in [-0.4, -0.2) is 9.97 Å². The largest absolute Gasteiger partial charge is 0.384 e. The lowest BCUT2D eigenvalue weighted by Gasteiger charge is -2.18. The summed E-state index contributed by atoms with van der Waals surface area (Å²) in [5.74, 6) is 1.43. The maximum Gasteiger partial charge on any atom is 0.138 e. The summed E-state index contributed by atoms with van der Waals surface area (Å²) in [5, 5.41) is 3.15. The lowest BCUT2D eigenvalue weighted by molar-refractivity contribution is 0.547. The minimum Gasteiger partial charge on any atom is -0.384 e. The molecule has 0 fully saturated rings. The number of aryl methyl sites for hydroxylation is 1. The molecule has 0 amide bonds. The van der Waals surface area contributed by atoms with Gasteiger partial charge in [-0.2, -0.15) is 0 Å². The molecule has 0 bridgehead atoms. The average Bonchev–Trinajstić information content (AvgIpc) is 2.31. The van der Waals surface area contributed by atoms with Crippen LogP contribution < -0.4 is 11.1 Å². The number of aromatic nitrogens is 2. The highest BCUT2D eigenvalue weighted by Gasteiger charge is 2.18. The van der Waals surface area contributed by atoms with Crippen molar-refractivity contribution >= 4 is 17.3 Å². The summed E-state index contributed by atoms with van der Waals surface area (Å²) in [4.78, 5) is 8.72. The first-order valence-corrected chi connectivity index (χ1v) is 6.44. The van der Waals surface area contributed by atoms with Crippen molar-refractivity contribution in [2.45, 2.75) is 33.1 Å². The van der Waals surface area contributed by atoms with Gasteiger partial charge in [-0.05, 0) is 30.7 Å². The molecule has 0 atom stereocenters. The molecule has 0 aliphatic heterocycles. The number of halogens is 1. The standard InChI is InChI=1S/C15H19FN4/c1-9-7-10(16)5-6-11(9)18-13-8-12(17)19-14(20-13)15(2,3)4/h5-8H,1-4H3,(H3,17,18,19,20). The van der Waals surface area contributed by atoms with Gasteiger partial charge in [-0.3, -0.25) is 0 Å². The van der Waals surface area contributed by atoms with Crippen molar-refractivity contribution in [2.75, 3.05) is 11.1 Å². The third-order valence-electron chi connectivity index (χ3n) is 2.87. The third kappa shape index (κ3) is 3.23. The Morgan fingerprint density at radius 3 is 2.45 bits per heavy atom. The summed E-state index contributed by atoms with van der Waals surface area (Å²) < 4.78 is 13.1. The van der Waals surface area contributed by atoms with Gasteiger partial charge in [-0.1, -0.05) is 20.8 Å². The maximum atomic E-state index is 13.1. The van der Waals surface area contributed by atoms with Crippen LogP contribution in [0.3, 0.4) is 0 Å². The van der Waals surface area contributed by atoms with E-state index in [0.717, 1.165) is 11.3 Å². The van der Waals surface area contributed by atoms with Gasteiger partial charge in [-0.25, -0.2) is 14.4 Å². The first-order chi connectivity index (χ1) is 9.25. The second-order valence-electron chi connectivity index (χ2n) is 5.84. The van der Waals surface area contributed by atoms with Crippen LogP contribution in [0, 0.1) is 12.7 Å². The molecule has 5 heteroatoms. The number of hydrogen-bond donors (Lipinski definition) is 2.